The summed E-state index contributed by atoms with van der Waals surface area (Å²) in [5.74, 6) is 0. The summed E-state index contributed by atoms with van der Waals surface area (Å²) in [6.07, 6.45) is 4.27. The van der Waals surface area contributed by atoms with Gasteiger partial charge in [0.1, 0.15) is 0 Å². The molecule has 4 rings (SSSR count). The van der Waals surface area contributed by atoms with Crippen molar-refractivity contribution in [2.75, 3.05) is 0 Å². The van der Waals surface area contributed by atoms with Crippen LogP contribution in [0.2, 0.25) is 10.0 Å². The molecule has 0 amide bonds. The first kappa shape index (κ1) is 16.0. The molecule has 0 atom stereocenters. The van der Waals surface area contributed by atoms with E-state index in [2.05, 4.69) is 65.5 Å². The van der Waals surface area contributed by atoms with Gasteiger partial charge in [0.2, 0.25) is 0 Å². The zero-order chi connectivity index (χ0) is 17.2. The molecular weight excluding hydrogens is 349 g/mol. The van der Waals surface area contributed by atoms with Gasteiger partial charge in [-0.05, 0) is 29.3 Å². The summed E-state index contributed by atoms with van der Waals surface area (Å²) in [5.41, 5.74) is 5.70. The van der Waals surface area contributed by atoms with Crippen molar-refractivity contribution in [2.45, 2.75) is 0 Å². The number of nitrogens with zero attached hydrogens (tertiary/aromatic N) is 1. The molecule has 0 saturated heterocycles. The highest BCUT2D eigenvalue weighted by molar-refractivity contribution is 6.42. The molecule has 0 unspecified atom stereocenters. The zero-order valence-corrected chi connectivity index (χ0v) is 14.9. The summed E-state index contributed by atoms with van der Waals surface area (Å²) in [7, 11) is 0. The standard InChI is InChI=1S/C22H15Cl2N/c23-21-12-11-18(13-22(21)24)25-14-19(16-7-3-1-4-8-16)20(15-25)17-9-5-2-6-10-17/h1-15H. The van der Waals surface area contributed by atoms with Crippen LogP contribution in [0.1, 0.15) is 0 Å². The van der Waals surface area contributed by atoms with Crippen molar-refractivity contribution in [1.82, 2.24) is 4.57 Å². The molecule has 0 N–H and O–H groups in total. The number of hydrogen-bond acceptors (Lipinski definition) is 0. The lowest BCUT2D eigenvalue weighted by Gasteiger charge is -2.04. The largest absolute Gasteiger partial charge is 0.323 e. The monoisotopic (exact) mass is 363 g/mol. The van der Waals surface area contributed by atoms with Crippen molar-refractivity contribution >= 4 is 23.2 Å². The third kappa shape index (κ3) is 3.21. The van der Waals surface area contributed by atoms with Crippen molar-refractivity contribution < 1.29 is 0 Å². The SMILES string of the molecule is Clc1ccc(-n2cc(-c3ccccc3)c(-c3ccccc3)c2)cc1Cl. The van der Waals surface area contributed by atoms with Crippen molar-refractivity contribution in [3.05, 3.63) is 101 Å². The Kier molecular flexibility index (Phi) is 4.35. The Hall–Kier alpha value is -2.48. The molecule has 25 heavy (non-hydrogen) atoms. The third-order valence-electron chi connectivity index (χ3n) is 4.20. The highest BCUT2D eigenvalue weighted by atomic mass is 35.5. The zero-order valence-electron chi connectivity index (χ0n) is 13.4. The molecule has 0 fully saturated rings. The molecule has 1 aromatic heterocycles. The highest BCUT2D eigenvalue weighted by Gasteiger charge is 2.12. The molecule has 0 radical (unpaired) electrons. The number of hydrogen-bond donors (Lipinski definition) is 0. The molecule has 1 nitrogen and oxygen atoms in total. The smallest absolute Gasteiger partial charge is 0.0613 e. The summed E-state index contributed by atoms with van der Waals surface area (Å²) < 4.78 is 2.09. The van der Waals surface area contributed by atoms with Gasteiger partial charge in [-0.3, -0.25) is 0 Å². The summed E-state index contributed by atoms with van der Waals surface area (Å²) in [5, 5.41) is 1.11. The van der Waals surface area contributed by atoms with Crippen molar-refractivity contribution in [3.8, 4) is 27.9 Å². The van der Waals surface area contributed by atoms with E-state index in [1.165, 1.54) is 22.3 Å². The first-order chi connectivity index (χ1) is 12.2. The van der Waals surface area contributed by atoms with E-state index in [0.717, 1.165) is 5.69 Å². The van der Waals surface area contributed by atoms with Gasteiger partial charge >= 0.3 is 0 Å². The van der Waals surface area contributed by atoms with Crippen molar-refractivity contribution in [3.63, 3.8) is 0 Å². The normalized spacial score (nSPS) is 10.8. The minimum atomic E-state index is 0.551. The molecule has 0 saturated carbocycles. The maximum atomic E-state index is 6.20. The molecule has 0 spiro atoms. The van der Waals surface area contributed by atoms with E-state index >= 15 is 0 Å². The lowest BCUT2D eigenvalue weighted by Crippen LogP contribution is -1.89. The Morgan fingerprint density at radius 1 is 0.560 bits per heavy atom. The van der Waals surface area contributed by atoms with E-state index in [9.17, 15) is 0 Å². The molecular formula is C22H15Cl2N. The van der Waals surface area contributed by atoms with Gasteiger partial charge in [-0.25, -0.2) is 0 Å². The van der Waals surface area contributed by atoms with E-state index in [1.54, 1.807) is 0 Å². The fraction of sp³-hybridized carbons (Fsp3) is 0. The van der Waals surface area contributed by atoms with E-state index in [-0.39, 0.29) is 0 Å². The second kappa shape index (κ2) is 6.79. The van der Waals surface area contributed by atoms with Gasteiger partial charge in [0, 0.05) is 29.2 Å². The van der Waals surface area contributed by atoms with Crippen LogP contribution >= 0.6 is 23.2 Å². The topological polar surface area (TPSA) is 4.93 Å². The molecule has 1 heterocycles. The predicted molar refractivity (Wildman–Crippen MR) is 107 cm³/mol. The Morgan fingerprint density at radius 2 is 1.08 bits per heavy atom. The molecule has 0 aliphatic heterocycles. The fourth-order valence-corrected chi connectivity index (χ4v) is 3.24. The second-order valence-electron chi connectivity index (χ2n) is 5.82. The summed E-state index contributed by atoms with van der Waals surface area (Å²) >= 11 is 12.3. The van der Waals surface area contributed by atoms with Crippen LogP contribution in [0.5, 0.6) is 0 Å². The van der Waals surface area contributed by atoms with E-state index in [4.69, 9.17) is 23.2 Å². The van der Waals surface area contributed by atoms with Crippen molar-refractivity contribution in [1.29, 1.82) is 0 Å². The van der Waals surface area contributed by atoms with Gasteiger partial charge in [-0.15, -0.1) is 0 Å². The van der Waals surface area contributed by atoms with Crippen molar-refractivity contribution in [2.24, 2.45) is 0 Å². The van der Waals surface area contributed by atoms with Crippen LogP contribution in [0.4, 0.5) is 0 Å². The second-order valence-corrected chi connectivity index (χ2v) is 6.64. The summed E-state index contributed by atoms with van der Waals surface area (Å²) in [6.45, 7) is 0. The van der Waals surface area contributed by atoms with Gasteiger partial charge < -0.3 is 4.57 Å². The van der Waals surface area contributed by atoms with Gasteiger partial charge in [-0.2, -0.15) is 0 Å². The van der Waals surface area contributed by atoms with Crippen LogP contribution in [0, 0.1) is 0 Å². The van der Waals surface area contributed by atoms with Crippen LogP contribution in [-0.2, 0) is 0 Å². The van der Waals surface area contributed by atoms with Crippen LogP contribution in [0.25, 0.3) is 27.9 Å². The first-order valence-corrected chi connectivity index (χ1v) is 8.76. The molecule has 4 aromatic rings. The Balaban J connectivity index is 1.90. The van der Waals surface area contributed by atoms with Crippen LogP contribution in [-0.4, -0.2) is 4.57 Å². The van der Waals surface area contributed by atoms with Gasteiger partial charge in [0.25, 0.3) is 0 Å². The third-order valence-corrected chi connectivity index (χ3v) is 4.94. The number of halogens is 2. The first-order valence-electron chi connectivity index (χ1n) is 8.00. The van der Waals surface area contributed by atoms with Crippen LogP contribution in [0.15, 0.2) is 91.3 Å². The van der Waals surface area contributed by atoms with Crippen LogP contribution < -0.4 is 0 Å². The van der Waals surface area contributed by atoms with E-state index in [0.29, 0.717) is 10.0 Å². The molecule has 122 valence electrons. The maximum absolute atomic E-state index is 6.20. The molecule has 3 aromatic carbocycles. The molecule has 3 heteroatoms. The van der Waals surface area contributed by atoms with Gasteiger partial charge in [0.15, 0.2) is 0 Å². The van der Waals surface area contributed by atoms with E-state index in [1.807, 2.05) is 30.3 Å². The maximum Gasteiger partial charge on any atom is 0.0613 e. The minimum absolute atomic E-state index is 0.551. The number of benzene rings is 3. The summed E-state index contributed by atoms with van der Waals surface area (Å²) in [6, 6.07) is 26.5. The number of aromatic nitrogens is 1. The van der Waals surface area contributed by atoms with E-state index < -0.39 is 0 Å². The predicted octanol–water partition coefficient (Wildman–Crippen LogP) is 7.12. The summed E-state index contributed by atoms with van der Waals surface area (Å²) in [4.78, 5) is 0. The molecule has 0 bridgehead atoms. The Labute approximate surface area is 157 Å². The Bertz CT molecular complexity index is 948. The molecule has 0 aliphatic carbocycles. The molecule has 0 aliphatic rings. The average molecular weight is 364 g/mol. The van der Waals surface area contributed by atoms with Gasteiger partial charge in [-0.1, -0.05) is 83.9 Å². The minimum Gasteiger partial charge on any atom is -0.323 e. The van der Waals surface area contributed by atoms with Crippen LogP contribution in [0.3, 0.4) is 0 Å². The quantitative estimate of drug-likeness (QED) is 0.365. The lowest BCUT2D eigenvalue weighted by molar-refractivity contribution is 1.08. The lowest BCUT2D eigenvalue weighted by atomic mass is 9.99. The fourth-order valence-electron chi connectivity index (χ4n) is 2.94. The Morgan fingerprint density at radius 3 is 1.56 bits per heavy atom. The number of rotatable bonds is 3. The van der Waals surface area contributed by atoms with Gasteiger partial charge in [0.05, 0.1) is 10.0 Å². The average Bonchev–Trinajstić information content (AvgIpc) is 3.11. The highest BCUT2D eigenvalue weighted by Crippen LogP contribution is 2.35.